The second kappa shape index (κ2) is 13.2. The number of esters is 1. The van der Waals surface area contributed by atoms with E-state index in [1.54, 1.807) is 46.4 Å². The van der Waals surface area contributed by atoms with Gasteiger partial charge in [0.25, 0.3) is 12.3 Å². The van der Waals surface area contributed by atoms with Gasteiger partial charge in [-0.2, -0.15) is 0 Å². The van der Waals surface area contributed by atoms with Crippen LogP contribution in [-0.2, 0) is 28.5 Å². The molecule has 1 N–H and O–H groups in total. The number of hydrogen-bond acceptors (Lipinski definition) is 8. The van der Waals surface area contributed by atoms with Gasteiger partial charge in [0, 0.05) is 6.54 Å². The lowest BCUT2D eigenvalue weighted by atomic mass is 9.82. The van der Waals surface area contributed by atoms with Crippen LogP contribution >= 0.6 is 0 Å². The molecule has 10 nitrogen and oxygen atoms in total. The summed E-state index contributed by atoms with van der Waals surface area (Å²) < 4.78 is 42.1. The molecule has 43 heavy (non-hydrogen) atoms. The number of halogens is 1. The van der Waals surface area contributed by atoms with Crippen LogP contribution in [0.4, 0.5) is 9.18 Å². The number of ether oxygens (including phenoxy) is 5. The Labute approximate surface area is 253 Å². The molecule has 3 aliphatic rings. The van der Waals surface area contributed by atoms with Crippen molar-refractivity contribution >= 4 is 18.0 Å². The first-order valence-corrected chi connectivity index (χ1v) is 15.0. The van der Waals surface area contributed by atoms with Crippen LogP contribution in [0.25, 0.3) is 0 Å². The van der Waals surface area contributed by atoms with Crippen LogP contribution in [0.2, 0.25) is 0 Å². The SMILES string of the molecule is CC(C)(C)OC(=O)C=COc1ccccc1C1CCC(OCC2N(C(=O)OC(C)(C)C)CCC23COC(F)C(=O)N3)CC1. The number of carbonyl (C=O) groups excluding carboxylic acids is 3. The highest BCUT2D eigenvalue weighted by molar-refractivity contribution is 5.82. The van der Waals surface area contributed by atoms with E-state index in [9.17, 15) is 18.8 Å². The quantitative estimate of drug-likeness (QED) is 0.258. The molecule has 238 valence electrons. The van der Waals surface area contributed by atoms with Gasteiger partial charge in [0.1, 0.15) is 17.0 Å². The van der Waals surface area contributed by atoms with E-state index in [4.69, 9.17) is 23.7 Å². The fourth-order valence-corrected chi connectivity index (χ4v) is 5.87. The van der Waals surface area contributed by atoms with Crippen LogP contribution in [0.5, 0.6) is 5.75 Å². The van der Waals surface area contributed by atoms with E-state index < -0.39 is 47.1 Å². The first-order chi connectivity index (χ1) is 20.2. The monoisotopic (exact) mass is 604 g/mol. The molecular weight excluding hydrogens is 559 g/mol. The van der Waals surface area contributed by atoms with Gasteiger partial charge in [-0.15, -0.1) is 0 Å². The molecule has 1 aromatic rings. The molecule has 1 spiro atoms. The van der Waals surface area contributed by atoms with Crippen molar-refractivity contribution < 1.29 is 42.5 Å². The third-order valence-electron chi connectivity index (χ3n) is 7.84. The van der Waals surface area contributed by atoms with Gasteiger partial charge in [-0.3, -0.25) is 4.79 Å². The predicted molar refractivity (Wildman–Crippen MR) is 156 cm³/mol. The normalized spacial score (nSPS) is 28.2. The Kier molecular flexibility index (Phi) is 10.1. The Bertz CT molecular complexity index is 1180. The number of nitrogens with one attached hydrogen (secondary N) is 1. The van der Waals surface area contributed by atoms with Gasteiger partial charge in [-0.1, -0.05) is 18.2 Å². The lowest BCUT2D eigenvalue weighted by Crippen LogP contribution is -2.66. The Hall–Kier alpha value is -3.18. The summed E-state index contributed by atoms with van der Waals surface area (Å²) in [5.41, 5.74) is -1.17. The molecule has 1 aliphatic carbocycles. The number of morpholine rings is 1. The van der Waals surface area contributed by atoms with Crippen molar-refractivity contribution in [2.75, 3.05) is 19.8 Å². The number of likely N-dealkylation sites (tertiary alicyclic amines) is 1. The summed E-state index contributed by atoms with van der Waals surface area (Å²) in [6.07, 6.45) is 3.74. The Morgan fingerprint density at radius 1 is 1.07 bits per heavy atom. The summed E-state index contributed by atoms with van der Waals surface area (Å²) in [6.45, 7) is 11.2. The van der Waals surface area contributed by atoms with Gasteiger partial charge in [0.2, 0.25) is 0 Å². The average molecular weight is 605 g/mol. The van der Waals surface area contributed by atoms with Crippen molar-refractivity contribution in [1.29, 1.82) is 0 Å². The van der Waals surface area contributed by atoms with Gasteiger partial charge in [0.15, 0.2) is 0 Å². The molecule has 0 bridgehead atoms. The molecule has 0 radical (unpaired) electrons. The molecule has 3 fully saturated rings. The van der Waals surface area contributed by atoms with Crippen molar-refractivity contribution in [2.24, 2.45) is 0 Å². The van der Waals surface area contributed by atoms with E-state index in [0.29, 0.717) is 18.7 Å². The van der Waals surface area contributed by atoms with E-state index in [1.807, 2.05) is 24.3 Å². The zero-order valence-corrected chi connectivity index (χ0v) is 26.0. The Morgan fingerprint density at radius 3 is 2.40 bits per heavy atom. The highest BCUT2D eigenvalue weighted by Crippen LogP contribution is 2.39. The zero-order chi connectivity index (χ0) is 31.4. The molecule has 11 heteroatoms. The Morgan fingerprint density at radius 2 is 1.74 bits per heavy atom. The summed E-state index contributed by atoms with van der Waals surface area (Å²) in [5, 5.41) is 2.78. The summed E-state index contributed by atoms with van der Waals surface area (Å²) >= 11 is 0. The van der Waals surface area contributed by atoms with Gasteiger partial charge in [0.05, 0.1) is 43.2 Å². The topological polar surface area (TPSA) is 113 Å². The fraction of sp³-hybridized carbons (Fsp3) is 0.656. The summed E-state index contributed by atoms with van der Waals surface area (Å²) in [5.74, 6) is -0.383. The van der Waals surface area contributed by atoms with E-state index >= 15 is 0 Å². The average Bonchev–Trinajstić information content (AvgIpc) is 3.26. The Balaban J connectivity index is 1.36. The first-order valence-electron chi connectivity index (χ1n) is 15.0. The van der Waals surface area contributed by atoms with Crippen LogP contribution < -0.4 is 10.1 Å². The second-order valence-corrected chi connectivity index (χ2v) is 13.5. The number of benzene rings is 1. The van der Waals surface area contributed by atoms with Crippen LogP contribution in [0.1, 0.15) is 85.1 Å². The van der Waals surface area contributed by atoms with E-state index in [1.165, 1.54) is 12.3 Å². The fourth-order valence-electron chi connectivity index (χ4n) is 5.87. The minimum Gasteiger partial charge on any atom is -0.464 e. The maximum Gasteiger partial charge on any atom is 0.410 e. The number of amides is 2. The predicted octanol–water partition coefficient (Wildman–Crippen LogP) is 5.15. The number of para-hydroxylation sites is 1. The van der Waals surface area contributed by atoms with Crippen molar-refractivity contribution in [1.82, 2.24) is 10.2 Å². The molecular formula is C32H45FN2O8. The number of nitrogens with zero attached hydrogens (tertiary/aromatic N) is 1. The van der Waals surface area contributed by atoms with Crippen molar-refractivity contribution in [3.8, 4) is 5.75 Å². The molecule has 1 aromatic carbocycles. The molecule has 2 saturated heterocycles. The minimum atomic E-state index is -2.03. The summed E-state index contributed by atoms with van der Waals surface area (Å²) in [6, 6.07) is 7.21. The van der Waals surface area contributed by atoms with Crippen LogP contribution in [0.3, 0.4) is 0 Å². The van der Waals surface area contributed by atoms with E-state index in [-0.39, 0.29) is 25.2 Å². The third kappa shape index (κ3) is 8.69. The second-order valence-electron chi connectivity index (χ2n) is 13.5. The van der Waals surface area contributed by atoms with Gasteiger partial charge < -0.3 is 33.9 Å². The van der Waals surface area contributed by atoms with Crippen LogP contribution in [-0.4, -0.2) is 77.9 Å². The third-order valence-corrected chi connectivity index (χ3v) is 7.84. The smallest absolute Gasteiger partial charge is 0.410 e. The van der Waals surface area contributed by atoms with E-state index in [0.717, 1.165) is 31.2 Å². The molecule has 2 amide bonds. The van der Waals surface area contributed by atoms with E-state index in [2.05, 4.69) is 5.32 Å². The molecule has 2 heterocycles. The lowest BCUT2D eigenvalue weighted by molar-refractivity contribution is -0.165. The number of alkyl halides is 1. The number of carbonyl (C=O) groups is 3. The number of rotatable bonds is 7. The summed E-state index contributed by atoms with van der Waals surface area (Å²) in [7, 11) is 0. The van der Waals surface area contributed by atoms with Crippen LogP contribution in [0.15, 0.2) is 36.6 Å². The molecule has 2 aliphatic heterocycles. The largest absolute Gasteiger partial charge is 0.464 e. The van der Waals surface area contributed by atoms with Crippen molar-refractivity contribution in [3.05, 3.63) is 42.2 Å². The van der Waals surface area contributed by atoms with Gasteiger partial charge >= 0.3 is 12.1 Å². The zero-order valence-electron chi connectivity index (χ0n) is 26.0. The minimum absolute atomic E-state index is 0.0522. The first kappa shape index (κ1) is 32.7. The standard InChI is InChI=1S/C32H45FN2O8/c1-30(2,3)42-26(36)15-18-39-24-10-8-7-9-23(24)21-11-13-22(14-12-21)40-19-25-32(20-41-27(33)28(37)34-32)16-17-35(25)29(38)43-31(4,5)6/h7-10,15,18,21-22,25,27H,11-14,16-17,19-20H2,1-6H3,(H,34,37). The van der Waals surface area contributed by atoms with Crippen molar-refractivity contribution in [2.45, 2.75) is 115 Å². The van der Waals surface area contributed by atoms with Crippen molar-refractivity contribution in [3.63, 3.8) is 0 Å². The molecule has 0 aromatic heterocycles. The highest BCUT2D eigenvalue weighted by Gasteiger charge is 2.54. The molecule has 3 unspecified atom stereocenters. The number of hydrogen-bond donors (Lipinski definition) is 1. The maximum atomic E-state index is 13.9. The summed E-state index contributed by atoms with van der Waals surface area (Å²) in [4.78, 5) is 38.9. The highest BCUT2D eigenvalue weighted by atomic mass is 19.1. The maximum absolute atomic E-state index is 13.9. The molecule has 4 rings (SSSR count). The molecule has 1 saturated carbocycles. The lowest BCUT2D eigenvalue weighted by Gasteiger charge is -2.42. The van der Waals surface area contributed by atoms with Crippen LogP contribution in [0, 0.1) is 0 Å². The van der Waals surface area contributed by atoms with Gasteiger partial charge in [-0.25, -0.2) is 14.0 Å². The van der Waals surface area contributed by atoms with Gasteiger partial charge in [-0.05, 0) is 91.2 Å². The molecule has 3 atom stereocenters.